The molecule has 0 saturated carbocycles. The first-order valence-electron chi connectivity index (χ1n) is 4.29. The fourth-order valence-corrected chi connectivity index (χ4v) is 1.17. The predicted octanol–water partition coefficient (Wildman–Crippen LogP) is 0.637. The van der Waals surface area contributed by atoms with Gasteiger partial charge in [0, 0.05) is 24.2 Å². The third-order valence-corrected chi connectivity index (χ3v) is 1.87. The van der Waals surface area contributed by atoms with Gasteiger partial charge in [0.2, 0.25) is 0 Å². The second-order valence-electron chi connectivity index (χ2n) is 2.88. The molecule has 2 rings (SSSR count). The number of carbonyl (C=O) groups excluding carboxylic acids is 1. The number of nitrogens with two attached hydrogens (primary N) is 1. The molecule has 5 heteroatoms. The first kappa shape index (κ1) is 9.26. The van der Waals surface area contributed by atoms with Crippen molar-refractivity contribution in [3.63, 3.8) is 0 Å². The Balaban J connectivity index is 2.46. The summed E-state index contributed by atoms with van der Waals surface area (Å²) in [5.74, 6) is -0.555. The van der Waals surface area contributed by atoms with E-state index in [1.807, 2.05) is 0 Å². The van der Waals surface area contributed by atoms with E-state index < -0.39 is 5.91 Å². The van der Waals surface area contributed by atoms with E-state index in [2.05, 4.69) is 15.0 Å². The van der Waals surface area contributed by atoms with Crippen LogP contribution in [0.15, 0.2) is 36.9 Å². The highest BCUT2D eigenvalue weighted by atomic mass is 16.1. The molecule has 0 atom stereocenters. The Labute approximate surface area is 86.0 Å². The molecule has 1 amide bonds. The third kappa shape index (κ3) is 1.96. The quantitative estimate of drug-likeness (QED) is 0.771. The SMILES string of the molecule is NC(=O)c1cc(-c2cnccn2)ccn1. The van der Waals surface area contributed by atoms with Crippen molar-refractivity contribution in [3.05, 3.63) is 42.6 Å². The highest BCUT2D eigenvalue weighted by Crippen LogP contribution is 2.14. The van der Waals surface area contributed by atoms with Crippen LogP contribution in [0.1, 0.15) is 10.5 Å². The van der Waals surface area contributed by atoms with Gasteiger partial charge < -0.3 is 5.73 Å². The molecule has 15 heavy (non-hydrogen) atoms. The monoisotopic (exact) mass is 200 g/mol. The van der Waals surface area contributed by atoms with E-state index in [9.17, 15) is 4.79 Å². The zero-order valence-electron chi connectivity index (χ0n) is 7.79. The van der Waals surface area contributed by atoms with Gasteiger partial charge >= 0.3 is 0 Å². The topological polar surface area (TPSA) is 81.8 Å². The van der Waals surface area contributed by atoms with Gasteiger partial charge in [0.1, 0.15) is 5.69 Å². The Hall–Kier alpha value is -2.30. The maximum absolute atomic E-state index is 10.9. The van der Waals surface area contributed by atoms with Gasteiger partial charge in [-0.2, -0.15) is 0 Å². The van der Waals surface area contributed by atoms with Gasteiger partial charge in [-0.1, -0.05) is 0 Å². The molecule has 74 valence electrons. The summed E-state index contributed by atoms with van der Waals surface area (Å²) in [5, 5.41) is 0. The van der Waals surface area contributed by atoms with Crippen molar-refractivity contribution < 1.29 is 4.79 Å². The Morgan fingerprint density at radius 2 is 2.07 bits per heavy atom. The van der Waals surface area contributed by atoms with E-state index >= 15 is 0 Å². The van der Waals surface area contributed by atoms with E-state index in [0.717, 1.165) is 5.56 Å². The summed E-state index contributed by atoms with van der Waals surface area (Å²) in [4.78, 5) is 22.8. The minimum Gasteiger partial charge on any atom is -0.364 e. The molecule has 0 aromatic carbocycles. The van der Waals surface area contributed by atoms with Gasteiger partial charge in [0.25, 0.3) is 5.91 Å². The zero-order chi connectivity index (χ0) is 10.7. The van der Waals surface area contributed by atoms with Crippen LogP contribution in [0.4, 0.5) is 0 Å². The summed E-state index contributed by atoms with van der Waals surface area (Å²) in [6.07, 6.45) is 6.30. The lowest BCUT2D eigenvalue weighted by Crippen LogP contribution is -2.12. The van der Waals surface area contributed by atoms with Crippen LogP contribution in [0.2, 0.25) is 0 Å². The Morgan fingerprint density at radius 1 is 1.20 bits per heavy atom. The lowest BCUT2D eigenvalue weighted by Gasteiger charge is -2.00. The molecule has 0 radical (unpaired) electrons. The van der Waals surface area contributed by atoms with Crippen molar-refractivity contribution in [2.45, 2.75) is 0 Å². The molecular weight excluding hydrogens is 192 g/mol. The van der Waals surface area contributed by atoms with Gasteiger partial charge in [-0.15, -0.1) is 0 Å². The number of primary amides is 1. The summed E-state index contributed by atoms with van der Waals surface area (Å²) in [5.41, 5.74) is 6.80. The minimum absolute atomic E-state index is 0.221. The number of nitrogens with zero attached hydrogens (tertiary/aromatic N) is 3. The molecule has 2 aromatic heterocycles. The van der Waals surface area contributed by atoms with Crippen molar-refractivity contribution in [1.29, 1.82) is 0 Å². The van der Waals surface area contributed by atoms with Crippen LogP contribution in [-0.2, 0) is 0 Å². The van der Waals surface area contributed by atoms with Gasteiger partial charge in [-0.25, -0.2) is 0 Å². The fourth-order valence-electron chi connectivity index (χ4n) is 1.17. The first-order valence-corrected chi connectivity index (χ1v) is 4.29. The molecule has 0 saturated heterocycles. The Bertz CT molecular complexity index is 484. The lowest BCUT2D eigenvalue weighted by molar-refractivity contribution is 0.0995. The summed E-state index contributed by atoms with van der Waals surface area (Å²) < 4.78 is 0. The van der Waals surface area contributed by atoms with Crippen molar-refractivity contribution in [2.75, 3.05) is 0 Å². The molecule has 0 spiro atoms. The number of rotatable bonds is 2. The van der Waals surface area contributed by atoms with Crippen LogP contribution >= 0.6 is 0 Å². The number of hydrogen-bond acceptors (Lipinski definition) is 4. The van der Waals surface area contributed by atoms with E-state index in [-0.39, 0.29) is 5.69 Å². The lowest BCUT2D eigenvalue weighted by atomic mass is 10.2. The molecular formula is C10H8N4O. The fraction of sp³-hybridized carbons (Fsp3) is 0. The summed E-state index contributed by atoms with van der Waals surface area (Å²) in [6.45, 7) is 0. The van der Waals surface area contributed by atoms with Crippen LogP contribution in [0.5, 0.6) is 0 Å². The van der Waals surface area contributed by atoms with Crippen molar-refractivity contribution in [3.8, 4) is 11.3 Å². The van der Waals surface area contributed by atoms with Gasteiger partial charge in [-0.3, -0.25) is 19.7 Å². The average molecular weight is 200 g/mol. The van der Waals surface area contributed by atoms with Crippen molar-refractivity contribution in [1.82, 2.24) is 15.0 Å². The number of carbonyl (C=O) groups is 1. The summed E-state index contributed by atoms with van der Waals surface area (Å²) in [6, 6.07) is 3.34. The molecule has 0 fully saturated rings. The van der Waals surface area contributed by atoms with Crippen molar-refractivity contribution >= 4 is 5.91 Å². The van der Waals surface area contributed by atoms with Crippen LogP contribution in [0.25, 0.3) is 11.3 Å². The second-order valence-corrected chi connectivity index (χ2v) is 2.88. The largest absolute Gasteiger partial charge is 0.364 e. The van der Waals surface area contributed by atoms with E-state index in [4.69, 9.17) is 5.73 Å². The molecule has 0 aliphatic carbocycles. The van der Waals surface area contributed by atoms with Crippen LogP contribution in [0.3, 0.4) is 0 Å². The Morgan fingerprint density at radius 3 is 2.73 bits per heavy atom. The molecule has 0 aliphatic rings. The molecule has 5 nitrogen and oxygen atoms in total. The molecule has 0 aliphatic heterocycles. The van der Waals surface area contributed by atoms with Gasteiger partial charge in [0.15, 0.2) is 0 Å². The van der Waals surface area contributed by atoms with Crippen LogP contribution in [0, 0.1) is 0 Å². The van der Waals surface area contributed by atoms with E-state index in [1.165, 1.54) is 6.20 Å². The molecule has 0 unspecified atom stereocenters. The van der Waals surface area contributed by atoms with Crippen molar-refractivity contribution in [2.24, 2.45) is 5.73 Å². The highest BCUT2D eigenvalue weighted by Gasteiger charge is 2.04. The smallest absolute Gasteiger partial charge is 0.267 e. The number of hydrogen-bond donors (Lipinski definition) is 1. The summed E-state index contributed by atoms with van der Waals surface area (Å²) >= 11 is 0. The number of pyridine rings is 1. The average Bonchev–Trinajstić information content (AvgIpc) is 2.30. The Kier molecular flexibility index (Phi) is 2.37. The number of amides is 1. The maximum Gasteiger partial charge on any atom is 0.267 e. The molecule has 2 heterocycles. The predicted molar refractivity (Wildman–Crippen MR) is 53.8 cm³/mol. The standard InChI is InChI=1S/C10H8N4O/c11-10(15)8-5-7(1-2-13-8)9-6-12-3-4-14-9/h1-6H,(H2,11,15). The van der Waals surface area contributed by atoms with E-state index in [0.29, 0.717) is 5.69 Å². The van der Waals surface area contributed by atoms with Crippen LogP contribution in [-0.4, -0.2) is 20.9 Å². The third-order valence-electron chi connectivity index (χ3n) is 1.87. The number of aromatic nitrogens is 3. The molecule has 2 N–H and O–H groups in total. The van der Waals surface area contributed by atoms with Gasteiger partial charge in [-0.05, 0) is 12.1 Å². The highest BCUT2D eigenvalue weighted by molar-refractivity contribution is 5.91. The molecule has 0 bridgehead atoms. The normalized spacial score (nSPS) is 9.87. The second kappa shape index (κ2) is 3.83. The van der Waals surface area contributed by atoms with E-state index in [1.54, 1.807) is 30.7 Å². The molecule has 2 aromatic rings. The summed E-state index contributed by atoms with van der Waals surface area (Å²) in [7, 11) is 0. The van der Waals surface area contributed by atoms with Crippen LogP contribution < -0.4 is 5.73 Å². The minimum atomic E-state index is -0.555. The maximum atomic E-state index is 10.9. The van der Waals surface area contributed by atoms with Gasteiger partial charge in [0.05, 0.1) is 11.9 Å². The first-order chi connectivity index (χ1) is 7.27. The zero-order valence-corrected chi connectivity index (χ0v) is 7.79.